The Kier molecular flexibility index (Phi) is 4.66. The molecule has 0 bridgehead atoms. The zero-order chi connectivity index (χ0) is 13.0. The van der Waals surface area contributed by atoms with Crippen LogP contribution in [0.25, 0.3) is 0 Å². The summed E-state index contributed by atoms with van der Waals surface area (Å²) in [7, 11) is 0. The van der Waals surface area contributed by atoms with E-state index in [0.717, 1.165) is 44.9 Å². The topological polar surface area (TPSA) is 36.7 Å². The van der Waals surface area contributed by atoms with Gasteiger partial charge in [-0.3, -0.25) is 9.69 Å². The van der Waals surface area contributed by atoms with Gasteiger partial charge in [-0.15, -0.1) is 11.6 Å². The summed E-state index contributed by atoms with van der Waals surface area (Å²) in [5.41, 5.74) is 0. The molecule has 1 saturated heterocycles. The van der Waals surface area contributed by atoms with Crippen molar-refractivity contribution in [3.05, 3.63) is 23.7 Å². The van der Waals surface area contributed by atoms with Gasteiger partial charge in [-0.1, -0.05) is 6.92 Å². The number of aryl methyl sites for hydroxylation is 1. The van der Waals surface area contributed by atoms with E-state index in [4.69, 9.17) is 16.0 Å². The molecule has 1 aromatic heterocycles. The molecular weight excluding hydrogens is 252 g/mol. The third-order valence-corrected chi connectivity index (χ3v) is 3.45. The first-order chi connectivity index (χ1) is 8.74. The molecule has 1 fully saturated rings. The Morgan fingerprint density at radius 2 is 2.06 bits per heavy atom. The minimum absolute atomic E-state index is 0.000207. The number of hydrogen-bond acceptors (Lipinski definition) is 3. The molecule has 5 heteroatoms. The first kappa shape index (κ1) is 13.4. The highest BCUT2D eigenvalue weighted by atomic mass is 35.5. The molecule has 18 heavy (non-hydrogen) atoms. The number of alkyl halides is 1. The third kappa shape index (κ3) is 3.06. The van der Waals surface area contributed by atoms with Gasteiger partial charge in [-0.05, 0) is 12.1 Å². The van der Waals surface area contributed by atoms with E-state index in [9.17, 15) is 4.79 Å². The van der Waals surface area contributed by atoms with Crippen LogP contribution in [-0.2, 0) is 6.42 Å². The number of carbonyl (C=O) groups is 1. The Labute approximate surface area is 112 Å². The first-order valence-corrected chi connectivity index (χ1v) is 6.94. The van der Waals surface area contributed by atoms with Gasteiger partial charge >= 0.3 is 0 Å². The molecule has 0 aliphatic carbocycles. The zero-order valence-electron chi connectivity index (χ0n) is 10.7. The van der Waals surface area contributed by atoms with Crippen LogP contribution in [0.3, 0.4) is 0 Å². The van der Waals surface area contributed by atoms with E-state index in [2.05, 4.69) is 4.90 Å². The molecule has 100 valence electrons. The van der Waals surface area contributed by atoms with E-state index in [1.165, 1.54) is 0 Å². The number of carbonyl (C=O) groups excluding carboxylic acids is 1. The Bertz CT molecular complexity index is 397. The Morgan fingerprint density at radius 1 is 1.33 bits per heavy atom. The number of furan rings is 1. The fourth-order valence-electron chi connectivity index (χ4n) is 2.13. The summed E-state index contributed by atoms with van der Waals surface area (Å²) >= 11 is 5.71. The van der Waals surface area contributed by atoms with Gasteiger partial charge < -0.3 is 9.32 Å². The second-order valence-corrected chi connectivity index (χ2v) is 4.82. The van der Waals surface area contributed by atoms with Crippen LogP contribution in [0, 0.1) is 0 Å². The van der Waals surface area contributed by atoms with Crippen LogP contribution in [0.15, 0.2) is 16.5 Å². The normalized spacial score (nSPS) is 17.1. The van der Waals surface area contributed by atoms with Gasteiger partial charge in [-0.25, -0.2) is 0 Å². The average Bonchev–Trinajstić information content (AvgIpc) is 2.88. The fourth-order valence-corrected chi connectivity index (χ4v) is 2.37. The lowest BCUT2D eigenvalue weighted by molar-refractivity contribution is 0.0611. The molecule has 0 unspecified atom stereocenters. The van der Waals surface area contributed by atoms with Crippen LogP contribution >= 0.6 is 11.6 Å². The van der Waals surface area contributed by atoms with Crippen LogP contribution in [0.5, 0.6) is 0 Å². The molecule has 0 saturated carbocycles. The first-order valence-electron chi connectivity index (χ1n) is 6.41. The van der Waals surface area contributed by atoms with Gasteiger partial charge in [0.05, 0.1) is 0 Å². The predicted octanol–water partition coefficient (Wildman–Crippen LogP) is 1.84. The minimum atomic E-state index is 0.000207. The number of hydrogen-bond donors (Lipinski definition) is 0. The highest BCUT2D eigenvalue weighted by Crippen LogP contribution is 2.13. The fraction of sp³-hybridized carbons (Fsp3) is 0.615. The Hall–Kier alpha value is -1.00. The molecule has 2 rings (SSSR count). The molecular formula is C13H19ClN2O2. The van der Waals surface area contributed by atoms with Crippen LogP contribution in [0.4, 0.5) is 0 Å². The molecule has 2 heterocycles. The molecule has 0 aromatic carbocycles. The lowest BCUT2D eigenvalue weighted by atomic mass is 10.3. The molecule has 0 spiro atoms. The summed E-state index contributed by atoms with van der Waals surface area (Å²) in [5, 5.41) is 0. The smallest absolute Gasteiger partial charge is 0.289 e. The number of amides is 1. The highest BCUT2D eigenvalue weighted by molar-refractivity contribution is 6.18. The summed E-state index contributed by atoms with van der Waals surface area (Å²) in [5.74, 6) is 1.96. The van der Waals surface area contributed by atoms with E-state index < -0.39 is 0 Å². The summed E-state index contributed by atoms with van der Waals surface area (Å²) in [6.45, 7) is 6.18. The lowest BCUT2D eigenvalue weighted by Crippen LogP contribution is -2.49. The van der Waals surface area contributed by atoms with Gasteiger partial charge in [0.25, 0.3) is 5.91 Å². The quantitative estimate of drug-likeness (QED) is 0.784. The summed E-state index contributed by atoms with van der Waals surface area (Å²) < 4.78 is 5.50. The van der Waals surface area contributed by atoms with Gasteiger partial charge in [0.2, 0.25) is 0 Å². The molecule has 0 radical (unpaired) electrons. The van der Waals surface area contributed by atoms with Crippen molar-refractivity contribution in [2.45, 2.75) is 13.3 Å². The van der Waals surface area contributed by atoms with Crippen molar-refractivity contribution in [2.24, 2.45) is 0 Å². The molecule has 4 nitrogen and oxygen atoms in total. The summed E-state index contributed by atoms with van der Waals surface area (Å²) in [6.07, 6.45) is 0.816. The van der Waals surface area contributed by atoms with Crippen LogP contribution in [0.2, 0.25) is 0 Å². The zero-order valence-corrected chi connectivity index (χ0v) is 11.4. The second-order valence-electron chi connectivity index (χ2n) is 4.44. The molecule has 1 amide bonds. The van der Waals surface area contributed by atoms with Crippen molar-refractivity contribution in [3.8, 4) is 0 Å². The van der Waals surface area contributed by atoms with Gasteiger partial charge in [-0.2, -0.15) is 0 Å². The van der Waals surface area contributed by atoms with Gasteiger partial charge in [0, 0.05) is 45.0 Å². The standard InChI is InChI=1S/C13H19ClN2O2/c1-2-11-3-4-12(18-11)13(17)16-9-7-15(6-5-14)8-10-16/h3-4H,2,5-10H2,1H3. The number of halogens is 1. The molecule has 0 N–H and O–H groups in total. The predicted molar refractivity (Wildman–Crippen MR) is 71.1 cm³/mol. The van der Waals surface area contributed by atoms with E-state index in [-0.39, 0.29) is 5.91 Å². The van der Waals surface area contributed by atoms with Crippen molar-refractivity contribution >= 4 is 17.5 Å². The van der Waals surface area contributed by atoms with Crippen molar-refractivity contribution < 1.29 is 9.21 Å². The van der Waals surface area contributed by atoms with Crippen LogP contribution in [-0.4, -0.2) is 54.3 Å². The molecule has 1 aliphatic rings. The Morgan fingerprint density at radius 3 is 2.61 bits per heavy atom. The van der Waals surface area contributed by atoms with Crippen LogP contribution < -0.4 is 0 Å². The maximum Gasteiger partial charge on any atom is 0.289 e. The largest absolute Gasteiger partial charge is 0.456 e. The molecule has 1 aromatic rings. The van der Waals surface area contributed by atoms with Gasteiger partial charge in [0.1, 0.15) is 5.76 Å². The molecule has 0 atom stereocenters. The van der Waals surface area contributed by atoms with Crippen molar-refractivity contribution in [1.29, 1.82) is 0 Å². The average molecular weight is 271 g/mol. The third-order valence-electron chi connectivity index (χ3n) is 3.28. The van der Waals surface area contributed by atoms with Crippen LogP contribution in [0.1, 0.15) is 23.2 Å². The van der Waals surface area contributed by atoms with E-state index >= 15 is 0 Å². The van der Waals surface area contributed by atoms with Crippen molar-refractivity contribution in [2.75, 3.05) is 38.6 Å². The number of rotatable bonds is 4. The second kappa shape index (κ2) is 6.25. The van der Waals surface area contributed by atoms with E-state index in [0.29, 0.717) is 11.6 Å². The lowest BCUT2D eigenvalue weighted by Gasteiger charge is -2.33. The SMILES string of the molecule is CCc1ccc(C(=O)N2CCN(CCCl)CC2)o1. The molecule has 1 aliphatic heterocycles. The van der Waals surface area contributed by atoms with Crippen molar-refractivity contribution in [3.63, 3.8) is 0 Å². The van der Waals surface area contributed by atoms with Gasteiger partial charge in [0.15, 0.2) is 5.76 Å². The monoisotopic (exact) mass is 270 g/mol. The maximum absolute atomic E-state index is 12.2. The maximum atomic E-state index is 12.2. The Balaban J connectivity index is 1.91. The number of nitrogens with zero attached hydrogens (tertiary/aromatic N) is 2. The number of piperazine rings is 1. The summed E-state index contributed by atoms with van der Waals surface area (Å²) in [6, 6.07) is 3.64. The summed E-state index contributed by atoms with van der Waals surface area (Å²) in [4.78, 5) is 16.3. The minimum Gasteiger partial charge on any atom is -0.456 e. The van der Waals surface area contributed by atoms with E-state index in [1.807, 2.05) is 17.9 Å². The highest BCUT2D eigenvalue weighted by Gasteiger charge is 2.23. The van der Waals surface area contributed by atoms with E-state index in [1.54, 1.807) is 6.07 Å². The van der Waals surface area contributed by atoms with Crippen molar-refractivity contribution in [1.82, 2.24) is 9.80 Å².